The minimum absolute atomic E-state index is 0.142. The number of aromatic amines is 1. The zero-order chi connectivity index (χ0) is 21.1. The Labute approximate surface area is 169 Å². The van der Waals surface area contributed by atoms with Crippen molar-refractivity contribution in [3.63, 3.8) is 0 Å². The fourth-order valence-corrected chi connectivity index (χ4v) is 4.79. The summed E-state index contributed by atoms with van der Waals surface area (Å²) in [5.74, 6) is -0.483. The van der Waals surface area contributed by atoms with Gasteiger partial charge in [0.25, 0.3) is 0 Å². The van der Waals surface area contributed by atoms with Gasteiger partial charge in [0.1, 0.15) is 17.9 Å². The number of benzene rings is 1. The molecule has 156 valence electrons. The van der Waals surface area contributed by atoms with Crippen molar-refractivity contribution < 1.29 is 19.1 Å². The molecule has 2 aliphatic rings. The monoisotopic (exact) mass is 401 g/mol. The van der Waals surface area contributed by atoms with Crippen molar-refractivity contribution in [1.29, 1.82) is 0 Å². The Balaban J connectivity index is 1.83. The van der Waals surface area contributed by atoms with E-state index in [-0.39, 0.29) is 42.4 Å². The molecule has 1 aromatic heterocycles. The van der Waals surface area contributed by atoms with Crippen LogP contribution in [-0.2, 0) is 16.0 Å². The first kappa shape index (κ1) is 19.9. The van der Waals surface area contributed by atoms with E-state index in [0.717, 1.165) is 11.3 Å². The van der Waals surface area contributed by atoms with E-state index in [9.17, 15) is 19.1 Å². The van der Waals surface area contributed by atoms with Gasteiger partial charge in [-0.25, -0.2) is 4.39 Å². The smallest absolute Gasteiger partial charge is 0.246 e. The summed E-state index contributed by atoms with van der Waals surface area (Å²) in [5.41, 5.74) is 1.21. The molecule has 1 aromatic carbocycles. The molecule has 0 spiro atoms. The van der Waals surface area contributed by atoms with Crippen LogP contribution < -0.4 is 5.32 Å². The lowest BCUT2D eigenvalue weighted by molar-refractivity contribution is -0.155. The molecule has 2 amide bonds. The summed E-state index contributed by atoms with van der Waals surface area (Å²) in [4.78, 5) is 31.3. The third-order valence-corrected chi connectivity index (χ3v) is 5.88. The van der Waals surface area contributed by atoms with Crippen LogP contribution in [0.3, 0.4) is 0 Å². The number of fused-ring (bicyclic) bond motifs is 4. The molecule has 0 aliphatic carbocycles. The molecule has 6 nitrogen and oxygen atoms in total. The van der Waals surface area contributed by atoms with Crippen LogP contribution in [0.4, 0.5) is 4.39 Å². The molecule has 1 fully saturated rings. The molecular formula is C22H28FN3O3. The van der Waals surface area contributed by atoms with E-state index in [1.54, 1.807) is 24.8 Å². The Hall–Kier alpha value is -2.41. The number of amides is 2. The number of aliphatic hydroxyl groups is 1. The zero-order valence-electron chi connectivity index (χ0n) is 17.3. The van der Waals surface area contributed by atoms with Crippen LogP contribution >= 0.6 is 0 Å². The molecule has 4 rings (SSSR count). The van der Waals surface area contributed by atoms with Crippen molar-refractivity contribution >= 4 is 22.7 Å². The first-order chi connectivity index (χ1) is 13.6. The average Bonchev–Trinajstić information content (AvgIpc) is 2.97. The van der Waals surface area contributed by atoms with Gasteiger partial charge >= 0.3 is 0 Å². The maximum Gasteiger partial charge on any atom is 0.246 e. The largest absolute Gasteiger partial charge is 0.390 e. The van der Waals surface area contributed by atoms with Gasteiger partial charge in [-0.05, 0) is 43.9 Å². The van der Waals surface area contributed by atoms with E-state index in [1.165, 1.54) is 6.07 Å². The molecule has 2 aromatic rings. The van der Waals surface area contributed by atoms with Gasteiger partial charge in [-0.3, -0.25) is 9.59 Å². The zero-order valence-corrected chi connectivity index (χ0v) is 17.3. The van der Waals surface area contributed by atoms with E-state index in [1.807, 2.05) is 6.07 Å². The number of aromatic nitrogens is 1. The predicted octanol–water partition coefficient (Wildman–Crippen LogP) is 2.81. The molecule has 0 radical (unpaired) electrons. The Morgan fingerprint density at radius 1 is 1.31 bits per heavy atom. The van der Waals surface area contributed by atoms with Gasteiger partial charge in [-0.1, -0.05) is 19.9 Å². The highest BCUT2D eigenvalue weighted by molar-refractivity contribution is 5.99. The van der Waals surface area contributed by atoms with Crippen LogP contribution in [0.1, 0.15) is 57.8 Å². The van der Waals surface area contributed by atoms with Crippen molar-refractivity contribution in [2.45, 2.75) is 70.7 Å². The number of rotatable bonds is 4. The Morgan fingerprint density at radius 2 is 2.03 bits per heavy atom. The van der Waals surface area contributed by atoms with E-state index < -0.39 is 17.7 Å². The maximum atomic E-state index is 14.6. The van der Waals surface area contributed by atoms with Crippen LogP contribution in [0, 0.1) is 11.7 Å². The van der Waals surface area contributed by atoms with Crippen LogP contribution in [0.5, 0.6) is 0 Å². The van der Waals surface area contributed by atoms with Crippen molar-refractivity contribution in [3.8, 4) is 0 Å². The quantitative estimate of drug-likeness (QED) is 0.736. The molecule has 7 heteroatoms. The van der Waals surface area contributed by atoms with Gasteiger partial charge in [0.15, 0.2) is 0 Å². The summed E-state index contributed by atoms with van der Waals surface area (Å²) in [5, 5.41) is 13.5. The second kappa shape index (κ2) is 6.83. The summed E-state index contributed by atoms with van der Waals surface area (Å²) in [6.07, 6.45) is 1.08. The maximum absolute atomic E-state index is 14.6. The number of H-pyrrole nitrogens is 1. The second-order valence-corrected chi connectivity index (χ2v) is 9.37. The summed E-state index contributed by atoms with van der Waals surface area (Å²) < 4.78 is 14.6. The van der Waals surface area contributed by atoms with Gasteiger partial charge in [0.2, 0.25) is 11.8 Å². The molecule has 2 aliphatic heterocycles. The number of piperazine rings is 1. The number of carbonyl (C=O) groups excluding carboxylic acids is 2. The highest BCUT2D eigenvalue weighted by Gasteiger charge is 2.49. The molecule has 3 heterocycles. The predicted molar refractivity (Wildman–Crippen MR) is 108 cm³/mol. The number of nitrogens with zero attached hydrogens (tertiary/aromatic N) is 1. The number of nitrogens with one attached hydrogen (secondary N) is 2. The summed E-state index contributed by atoms with van der Waals surface area (Å²) in [7, 11) is 0. The normalized spacial score (nSPS) is 24.7. The fourth-order valence-electron chi connectivity index (χ4n) is 4.79. The number of carbonyl (C=O) groups is 2. The van der Waals surface area contributed by atoms with Gasteiger partial charge in [-0.15, -0.1) is 0 Å². The lowest BCUT2D eigenvalue weighted by atomic mass is 9.84. The second-order valence-electron chi connectivity index (χ2n) is 9.37. The Kier molecular flexibility index (Phi) is 4.69. The molecule has 0 saturated carbocycles. The number of hydrogen-bond acceptors (Lipinski definition) is 3. The van der Waals surface area contributed by atoms with E-state index in [4.69, 9.17) is 0 Å². The lowest BCUT2D eigenvalue weighted by Gasteiger charge is -2.47. The summed E-state index contributed by atoms with van der Waals surface area (Å²) >= 11 is 0. The lowest BCUT2D eigenvalue weighted by Crippen LogP contribution is -2.66. The van der Waals surface area contributed by atoms with Crippen molar-refractivity contribution in [1.82, 2.24) is 15.2 Å². The number of halogens is 1. The molecule has 3 atom stereocenters. The van der Waals surface area contributed by atoms with Crippen molar-refractivity contribution in [2.75, 3.05) is 0 Å². The highest BCUT2D eigenvalue weighted by atomic mass is 19.1. The van der Waals surface area contributed by atoms with Crippen molar-refractivity contribution in [3.05, 3.63) is 35.3 Å². The van der Waals surface area contributed by atoms with E-state index >= 15 is 0 Å². The first-order valence-corrected chi connectivity index (χ1v) is 10.2. The Morgan fingerprint density at radius 3 is 2.69 bits per heavy atom. The molecule has 0 unspecified atom stereocenters. The molecule has 29 heavy (non-hydrogen) atoms. The number of hydrogen-bond donors (Lipinski definition) is 3. The van der Waals surface area contributed by atoms with Crippen molar-refractivity contribution in [2.24, 2.45) is 5.92 Å². The van der Waals surface area contributed by atoms with Crippen LogP contribution in [0.25, 0.3) is 10.9 Å². The third-order valence-electron chi connectivity index (χ3n) is 5.88. The van der Waals surface area contributed by atoms with Gasteiger partial charge in [-0.2, -0.15) is 0 Å². The molecule has 0 bridgehead atoms. The van der Waals surface area contributed by atoms with Gasteiger partial charge < -0.3 is 20.3 Å². The highest BCUT2D eigenvalue weighted by Crippen LogP contribution is 2.42. The van der Waals surface area contributed by atoms with Crippen LogP contribution in [0.2, 0.25) is 0 Å². The van der Waals surface area contributed by atoms with E-state index in [0.29, 0.717) is 17.3 Å². The van der Waals surface area contributed by atoms with Crippen LogP contribution in [-0.4, -0.2) is 44.5 Å². The third kappa shape index (κ3) is 3.41. The minimum atomic E-state index is -1.08. The SMILES string of the molecule is CC(C)C[C@H]1c2[nH]c3cccc(F)c3c2C[C@H]2C(=O)N[C@@H](CC(C)(C)O)C(=O)N21. The molecule has 1 saturated heterocycles. The topological polar surface area (TPSA) is 85.4 Å². The molecule has 3 N–H and O–H groups in total. The summed E-state index contributed by atoms with van der Waals surface area (Å²) in [6.45, 7) is 7.38. The fraction of sp³-hybridized carbons (Fsp3) is 0.545. The van der Waals surface area contributed by atoms with Crippen LogP contribution in [0.15, 0.2) is 18.2 Å². The Bertz CT molecular complexity index is 976. The van der Waals surface area contributed by atoms with E-state index in [2.05, 4.69) is 24.1 Å². The standard InChI is InChI=1S/C22H28FN3O3/c1-11(2)8-16-19-12(18-13(23)6-5-7-14(18)24-19)9-17-20(27)25-15(10-22(3,4)29)21(28)26(16)17/h5-7,11,15-17,24,29H,8-10H2,1-4H3,(H,25,27)/t15-,16-,17-/m0/s1. The average molecular weight is 401 g/mol. The minimum Gasteiger partial charge on any atom is -0.390 e. The van der Waals surface area contributed by atoms with Gasteiger partial charge in [0.05, 0.1) is 11.6 Å². The first-order valence-electron chi connectivity index (χ1n) is 10.2. The molecular weight excluding hydrogens is 373 g/mol. The van der Waals surface area contributed by atoms with Gasteiger partial charge in [0, 0.05) is 29.4 Å². The summed E-state index contributed by atoms with van der Waals surface area (Å²) in [6, 6.07) is 3.12.